The van der Waals surface area contributed by atoms with Crippen LogP contribution in [0.5, 0.6) is 0 Å². The van der Waals surface area contributed by atoms with Crippen LogP contribution in [0, 0.1) is 17.5 Å². The lowest BCUT2D eigenvalue weighted by molar-refractivity contribution is 0.486. The zero-order valence-corrected chi connectivity index (χ0v) is 7.78. The number of aromatic nitrogens is 4. The molecule has 0 saturated carbocycles. The summed E-state index contributed by atoms with van der Waals surface area (Å²) in [5.74, 6) is -3.43. The van der Waals surface area contributed by atoms with E-state index in [0.717, 1.165) is 0 Å². The highest BCUT2D eigenvalue weighted by molar-refractivity contribution is 5.26. The average Bonchev–Trinajstić information content (AvgIpc) is 2.75. The second-order valence-electron chi connectivity index (χ2n) is 3.04. The van der Waals surface area contributed by atoms with Gasteiger partial charge in [-0.3, -0.25) is 0 Å². The van der Waals surface area contributed by atoms with Crippen molar-refractivity contribution in [3.05, 3.63) is 41.0 Å². The number of H-pyrrole nitrogens is 1. The van der Waals surface area contributed by atoms with E-state index in [1.54, 1.807) is 0 Å². The first kappa shape index (κ1) is 10.6. The van der Waals surface area contributed by atoms with Gasteiger partial charge in [0.15, 0.2) is 17.5 Å². The maximum atomic E-state index is 13.3. The molecule has 1 aromatic heterocycles. The molecule has 0 aliphatic carbocycles. The van der Waals surface area contributed by atoms with Crippen molar-refractivity contribution in [1.82, 2.24) is 20.6 Å². The van der Waals surface area contributed by atoms with Crippen LogP contribution >= 0.6 is 0 Å². The van der Waals surface area contributed by atoms with Crippen LogP contribution in [0.2, 0.25) is 0 Å². The minimum atomic E-state index is -1.28. The molecule has 16 heavy (non-hydrogen) atoms. The van der Waals surface area contributed by atoms with Gasteiger partial charge in [-0.1, -0.05) is 5.21 Å². The zero-order chi connectivity index (χ0) is 11.7. The monoisotopic (exact) mass is 229 g/mol. The van der Waals surface area contributed by atoms with Gasteiger partial charge in [0.25, 0.3) is 0 Å². The highest BCUT2D eigenvalue weighted by Crippen LogP contribution is 2.21. The lowest BCUT2D eigenvalue weighted by atomic mass is 10.1. The molecule has 0 amide bonds. The molecule has 8 heteroatoms. The largest absolute Gasteiger partial charge is 0.317 e. The summed E-state index contributed by atoms with van der Waals surface area (Å²) in [6.45, 7) is 0. The van der Waals surface area contributed by atoms with Crippen LogP contribution < -0.4 is 5.73 Å². The lowest BCUT2D eigenvalue weighted by Crippen LogP contribution is -2.16. The van der Waals surface area contributed by atoms with Gasteiger partial charge in [-0.25, -0.2) is 13.2 Å². The van der Waals surface area contributed by atoms with E-state index in [4.69, 9.17) is 5.73 Å². The molecule has 1 aromatic carbocycles. The van der Waals surface area contributed by atoms with Crippen LogP contribution in [-0.4, -0.2) is 20.6 Å². The number of halogens is 3. The van der Waals surface area contributed by atoms with Gasteiger partial charge in [-0.15, -0.1) is 10.2 Å². The Morgan fingerprint density at radius 2 is 1.81 bits per heavy atom. The topological polar surface area (TPSA) is 80.5 Å². The quantitative estimate of drug-likeness (QED) is 0.741. The number of tetrazole rings is 1. The Kier molecular flexibility index (Phi) is 2.57. The minimum Gasteiger partial charge on any atom is -0.317 e. The van der Waals surface area contributed by atoms with Crippen LogP contribution in [-0.2, 0) is 0 Å². The molecule has 84 valence electrons. The van der Waals surface area contributed by atoms with Crippen LogP contribution in [0.4, 0.5) is 13.2 Å². The van der Waals surface area contributed by atoms with Gasteiger partial charge in [-0.05, 0) is 6.07 Å². The Hall–Kier alpha value is -1.96. The Bertz CT molecular complexity index is 499. The fraction of sp³-hybridized carbons (Fsp3) is 0.125. The predicted molar refractivity (Wildman–Crippen MR) is 46.5 cm³/mol. The number of nitrogens with two attached hydrogens (primary N) is 1. The first-order chi connectivity index (χ1) is 7.59. The number of nitrogens with zero attached hydrogens (tertiary/aromatic N) is 3. The van der Waals surface area contributed by atoms with Crippen LogP contribution in [0.3, 0.4) is 0 Å². The number of benzene rings is 1. The molecule has 2 rings (SSSR count). The van der Waals surface area contributed by atoms with Crippen molar-refractivity contribution in [3.63, 3.8) is 0 Å². The van der Waals surface area contributed by atoms with E-state index in [-0.39, 0.29) is 11.4 Å². The number of hydrogen-bond donors (Lipinski definition) is 2. The van der Waals surface area contributed by atoms with Crippen LogP contribution in [0.1, 0.15) is 17.4 Å². The molecule has 0 bridgehead atoms. The summed E-state index contributed by atoms with van der Waals surface area (Å²) in [4.78, 5) is 0. The van der Waals surface area contributed by atoms with Gasteiger partial charge in [0, 0.05) is 11.6 Å². The maximum absolute atomic E-state index is 13.3. The van der Waals surface area contributed by atoms with Crippen molar-refractivity contribution in [3.8, 4) is 0 Å². The summed E-state index contributed by atoms with van der Waals surface area (Å²) in [5, 5.41) is 12.4. The minimum absolute atomic E-state index is 0.00934. The first-order valence-corrected chi connectivity index (χ1v) is 4.23. The molecular formula is C8H6F3N5. The molecular weight excluding hydrogens is 223 g/mol. The molecule has 0 saturated heterocycles. The third-order valence-electron chi connectivity index (χ3n) is 2.01. The van der Waals surface area contributed by atoms with Gasteiger partial charge < -0.3 is 5.73 Å². The zero-order valence-electron chi connectivity index (χ0n) is 7.78. The number of aromatic amines is 1. The van der Waals surface area contributed by atoms with Crippen molar-refractivity contribution >= 4 is 0 Å². The Morgan fingerprint density at radius 3 is 2.44 bits per heavy atom. The average molecular weight is 229 g/mol. The standard InChI is InChI=1S/C8H6F3N5/c9-4-2-6(11)5(10)1-3(4)7(12)8-13-15-16-14-8/h1-2,7H,12H2,(H,13,14,15,16). The van der Waals surface area contributed by atoms with Gasteiger partial charge in [0.2, 0.25) is 0 Å². The third-order valence-corrected chi connectivity index (χ3v) is 2.01. The fourth-order valence-corrected chi connectivity index (χ4v) is 1.22. The lowest BCUT2D eigenvalue weighted by Gasteiger charge is -2.08. The van der Waals surface area contributed by atoms with E-state index < -0.39 is 23.5 Å². The Balaban J connectivity index is 2.44. The van der Waals surface area contributed by atoms with Crippen molar-refractivity contribution in [1.29, 1.82) is 0 Å². The molecule has 0 spiro atoms. The highest BCUT2D eigenvalue weighted by Gasteiger charge is 2.20. The fourth-order valence-electron chi connectivity index (χ4n) is 1.22. The molecule has 0 radical (unpaired) electrons. The van der Waals surface area contributed by atoms with Gasteiger partial charge in [0.1, 0.15) is 5.82 Å². The smallest absolute Gasteiger partial charge is 0.195 e. The first-order valence-electron chi connectivity index (χ1n) is 4.23. The van der Waals surface area contributed by atoms with E-state index in [9.17, 15) is 13.2 Å². The van der Waals surface area contributed by atoms with E-state index in [0.29, 0.717) is 12.1 Å². The SMILES string of the molecule is NC(c1nn[nH]n1)c1cc(F)c(F)cc1F. The molecule has 1 heterocycles. The summed E-state index contributed by atoms with van der Waals surface area (Å²) >= 11 is 0. The predicted octanol–water partition coefficient (Wildman–Crippen LogP) is 0.665. The second kappa shape index (κ2) is 3.89. The molecule has 2 aromatic rings. The Labute approximate surface area is 87.5 Å². The molecule has 0 aliphatic heterocycles. The molecule has 1 atom stereocenters. The molecule has 1 unspecified atom stereocenters. The van der Waals surface area contributed by atoms with Crippen LogP contribution in [0.25, 0.3) is 0 Å². The van der Waals surface area contributed by atoms with Gasteiger partial charge >= 0.3 is 0 Å². The molecule has 5 nitrogen and oxygen atoms in total. The van der Waals surface area contributed by atoms with E-state index >= 15 is 0 Å². The summed E-state index contributed by atoms with van der Waals surface area (Å²) in [6.07, 6.45) is 0. The normalized spacial score (nSPS) is 12.8. The highest BCUT2D eigenvalue weighted by atomic mass is 19.2. The number of hydrogen-bond acceptors (Lipinski definition) is 4. The summed E-state index contributed by atoms with van der Waals surface area (Å²) < 4.78 is 38.9. The van der Waals surface area contributed by atoms with Gasteiger partial charge in [-0.2, -0.15) is 5.21 Å². The van der Waals surface area contributed by atoms with Crippen molar-refractivity contribution < 1.29 is 13.2 Å². The Morgan fingerprint density at radius 1 is 1.12 bits per heavy atom. The summed E-state index contributed by atoms with van der Waals surface area (Å²) in [7, 11) is 0. The third kappa shape index (κ3) is 1.74. The number of nitrogens with one attached hydrogen (secondary N) is 1. The molecule has 0 aliphatic rings. The second-order valence-corrected chi connectivity index (χ2v) is 3.04. The van der Waals surface area contributed by atoms with Crippen molar-refractivity contribution in [2.45, 2.75) is 6.04 Å². The van der Waals surface area contributed by atoms with E-state index in [2.05, 4.69) is 20.6 Å². The van der Waals surface area contributed by atoms with Gasteiger partial charge in [0.05, 0.1) is 6.04 Å². The van der Waals surface area contributed by atoms with Crippen molar-refractivity contribution in [2.24, 2.45) is 5.73 Å². The van der Waals surface area contributed by atoms with E-state index in [1.165, 1.54) is 0 Å². The molecule has 0 fully saturated rings. The maximum Gasteiger partial charge on any atom is 0.195 e. The van der Waals surface area contributed by atoms with E-state index in [1.807, 2.05) is 0 Å². The van der Waals surface area contributed by atoms with Crippen LogP contribution in [0.15, 0.2) is 12.1 Å². The number of rotatable bonds is 2. The molecule has 3 N–H and O–H groups in total. The van der Waals surface area contributed by atoms with Crippen molar-refractivity contribution in [2.75, 3.05) is 0 Å². The summed E-state index contributed by atoms with van der Waals surface area (Å²) in [5.41, 5.74) is 5.33. The summed E-state index contributed by atoms with van der Waals surface area (Å²) in [6, 6.07) is -0.00936.